The molecule has 0 aliphatic heterocycles. The van der Waals surface area contributed by atoms with Gasteiger partial charge >= 0.3 is 0 Å². The van der Waals surface area contributed by atoms with Gasteiger partial charge in [-0.1, -0.05) is 31.9 Å². The molecule has 6 nitrogen and oxygen atoms in total. The molecule has 0 fully saturated rings. The molecule has 2 aromatic rings. The van der Waals surface area contributed by atoms with E-state index in [-0.39, 0.29) is 6.61 Å². The third-order valence-corrected chi connectivity index (χ3v) is 4.06. The lowest BCUT2D eigenvalue weighted by Gasteiger charge is -2.10. The number of nitrogens with zero attached hydrogens (tertiary/aromatic N) is 1. The maximum atomic E-state index is 11.9. The molecule has 0 aliphatic carbocycles. The van der Waals surface area contributed by atoms with Crippen molar-refractivity contribution in [1.29, 1.82) is 0 Å². The number of rotatable bonds is 7. The van der Waals surface area contributed by atoms with Crippen LogP contribution in [-0.2, 0) is 4.79 Å². The highest BCUT2D eigenvalue weighted by molar-refractivity contribution is 9.10. The van der Waals surface area contributed by atoms with Gasteiger partial charge in [0.2, 0.25) is 0 Å². The van der Waals surface area contributed by atoms with E-state index in [0.29, 0.717) is 17.2 Å². The van der Waals surface area contributed by atoms with Gasteiger partial charge in [0.05, 0.1) is 20.4 Å². The molecule has 8 heteroatoms. The molecule has 1 amide bonds. The fraction of sp³-hybridized carbons (Fsp3) is 0.176. The van der Waals surface area contributed by atoms with Gasteiger partial charge < -0.3 is 14.2 Å². The van der Waals surface area contributed by atoms with Crippen LogP contribution in [-0.4, -0.2) is 32.9 Å². The fourth-order valence-corrected chi connectivity index (χ4v) is 2.64. The van der Waals surface area contributed by atoms with Crippen LogP contribution >= 0.6 is 31.9 Å². The van der Waals surface area contributed by atoms with E-state index in [0.717, 1.165) is 14.5 Å². The number of amides is 1. The summed E-state index contributed by atoms with van der Waals surface area (Å²) in [6, 6.07) is 10.8. The Kier molecular flexibility index (Phi) is 7.27. The van der Waals surface area contributed by atoms with Gasteiger partial charge in [-0.25, -0.2) is 5.43 Å². The van der Waals surface area contributed by atoms with Crippen molar-refractivity contribution >= 4 is 44.0 Å². The van der Waals surface area contributed by atoms with Crippen LogP contribution in [0, 0.1) is 0 Å². The normalized spacial score (nSPS) is 10.6. The van der Waals surface area contributed by atoms with Crippen molar-refractivity contribution in [2.75, 3.05) is 20.8 Å². The van der Waals surface area contributed by atoms with E-state index < -0.39 is 5.91 Å². The van der Waals surface area contributed by atoms with Crippen LogP contribution in [0.25, 0.3) is 0 Å². The van der Waals surface area contributed by atoms with Crippen molar-refractivity contribution in [3.8, 4) is 17.2 Å². The minimum atomic E-state index is -0.393. The highest BCUT2D eigenvalue weighted by Gasteiger charge is 2.08. The molecule has 0 bridgehead atoms. The summed E-state index contributed by atoms with van der Waals surface area (Å²) in [7, 11) is 3.10. The van der Waals surface area contributed by atoms with Crippen LogP contribution in [0.4, 0.5) is 0 Å². The number of halogens is 2. The predicted octanol–water partition coefficient (Wildman–Crippen LogP) is 3.76. The van der Waals surface area contributed by atoms with Crippen LogP contribution in [0.5, 0.6) is 17.2 Å². The third kappa shape index (κ3) is 5.75. The number of carbonyl (C=O) groups is 1. The molecule has 0 spiro atoms. The summed E-state index contributed by atoms with van der Waals surface area (Å²) in [6.45, 7) is -0.190. The Morgan fingerprint density at radius 3 is 2.36 bits per heavy atom. The van der Waals surface area contributed by atoms with E-state index in [4.69, 9.17) is 14.2 Å². The summed E-state index contributed by atoms with van der Waals surface area (Å²) >= 11 is 6.72. The van der Waals surface area contributed by atoms with Gasteiger partial charge in [-0.2, -0.15) is 5.10 Å². The second-order valence-electron chi connectivity index (χ2n) is 4.76. The van der Waals surface area contributed by atoms with Gasteiger partial charge in [0.1, 0.15) is 5.75 Å². The molecule has 0 aromatic heterocycles. The molecule has 1 N–H and O–H groups in total. The third-order valence-electron chi connectivity index (χ3n) is 3.07. The molecule has 0 aliphatic rings. The van der Waals surface area contributed by atoms with Gasteiger partial charge in [0.15, 0.2) is 18.1 Å². The van der Waals surface area contributed by atoms with E-state index in [1.54, 1.807) is 31.4 Å². The molecule has 0 heterocycles. The zero-order valence-corrected chi connectivity index (χ0v) is 16.8. The lowest BCUT2D eigenvalue weighted by Crippen LogP contribution is -2.24. The van der Waals surface area contributed by atoms with Crippen LogP contribution in [0.1, 0.15) is 5.56 Å². The standard InChI is InChI=1S/C17H16Br2N2O4/c1-23-14-5-3-12(18)7-11(14)9-20-21-17(22)10-25-15-6-4-13(19)8-16(15)24-2/h3-9H,10H2,1-2H3,(H,21,22)/b20-9+. The molecule has 132 valence electrons. The van der Waals surface area contributed by atoms with Crippen molar-refractivity contribution < 1.29 is 19.0 Å². The lowest BCUT2D eigenvalue weighted by molar-refractivity contribution is -0.123. The highest BCUT2D eigenvalue weighted by Crippen LogP contribution is 2.30. The first kappa shape index (κ1) is 19.3. The van der Waals surface area contributed by atoms with Crippen molar-refractivity contribution in [1.82, 2.24) is 5.43 Å². The van der Waals surface area contributed by atoms with Gasteiger partial charge in [-0.3, -0.25) is 4.79 Å². The largest absolute Gasteiger partial charge is 0.496 e. The second kappa shape index (κ2) is 9.43. The number of hydrazone groups is 1. The van der Waals surface area contributed by atoms with E-state index in [9.17, 15) is 4.79 Å². The molecule has 2 aromatic carbocycles. The quantitative estimate of drug-likeness (QED) is 0.493. The number of ether oxygens (including phenoxy) is 3. The van der Waals surface area contributed by atoms with Crippen LogP contribution in [0.2, 0.25) is 0 Å². The monoisotopic (exact) mass is 470 g/mol. The summed E-state index contributed by atoms with van der Waals surface area (Å²) < 4.78 is 17.6. The molecule has 25 heavy (non-hydrogen) atoms. The van der Waals surface area contributed by atoms with Gasteiger partial charge in [-0.15, -0.1) is 0 Å². The maximum absolute atomic E-state index is 11.9. The Morgan fingerprint density at radius 1 is 1.04 bits per heavy atom. The summed E-state index contributed by atoms with van der Waals surface area (Å²) in [5, 5.41) is 3.92. The van der Waals surface area contributed by atoms with Crippen molar-refractivity contribution in [2.45, 2.75) is 0 Å². The zero-order chi connectivity index (χ0) is 18.2. The Bertz CT molecular complexity index is 781. The molecule has 0 radical (unpaired) electrons. The number of methoxy groups -OCH3 is 2. The summed E-state index contributed by atoms with van der Waals surface area (Å²) in [5.41, 5.74) is 3.13. The van der Waals surface area contributed by atoms with Crippen LogP contribution in [0.3, 0.4) is 0 Å². The first-order chi connectivity index (χ1) is 12.0. The number of benzene rings is 2. The molecule has 0 saturated heterocycles. The predicted molar refractivity (Wildman–Crippen MR) is 103 cm³/mol. The number of hydrogen-bond donors (Lipinski definition) is 1. The SMILES string of the molecule is COc1ccc(Br)cc1/C=N/NC(=O)COc1ccc(Br)cc1OC. The van der Waals surface area contributed by atoms with E-state index in [2.05, 4.69) is 42.4 Å². The zero-order valence-electron chi connectivity index (χ0n) is 13.6. The highest BCUT2D eigenvalue weighted by atomic mass is 79.9. The van der Waals surface area contributed by atoms with Crippen LogP contribution < -0.4 is 19.6 Å². The molecule has 0 unspecified atom stereocenters. The molecule has 0 saturated carbocycles. The minimum absolute atomic E-state index is 0.190. The van der Waals surface area contributed by atoms with E-state index in [1.807, 2.05) is 12.1 Å². The maximum Gasteiger partial charge on any atom is 0.277 e. The number of nitrogens with one attached hydrogen (secondary N) is 1. The number of carbonyl (C=O) groups excluding carboxylic acids is 1. The first-order valence-corrected chi connectivity index (χ1v) is 8.74. The minimum Gasteiger partial charge on any atom is -0.496 e. The Morgan fingerprint density at radius 2 is 1.68 bits per heavy atom. The molecular weight excluding hydrogens is 456 g/mol. The van der Waals surface area contributed by atoms with E-state index in [1.165, 1.54) is 13.3 Å². The smallest absolute Gasteiger partial charge is 0.277 e. The Hall–Kier alpha value is -2.06. The summed E-state index contributed by atoms with van der Waals surface area (Å²) in [4.78, 5) is 11.9. The Balaban J connectivity index is 1.92. The average Bonchev–Trinajstić information content (AvgIpc) is 2.60. The average molecular weight is 472 g/mol. The number of hydrogen-bond acceptors (Lipinski definition) is 5. The summed E-state index contributed by atoms with van der Waals surface area (Å²) in [6.07, 6.45) is 1.50. The molecule has 0 atom stereocenters. The molecule has 2 rings (SSSR count). The fourth-order valence-electron chi connectivity index (χ4n) is 1.92. The summed E-state index contributed by atoms with van der Waals surface area (Å²) in [5.74, 6) is 1.26. The van der Waals surface area contributed by atoms with Crippen LogP contribution in [0.15, 0.2) is 50.4 Å². The second-order valence-corrected chi connectivity index (χ2v) is 6.59. The van der Waals surface area contributed by atoms with Crippen molar-refractivity contribution in [3.63, 3.8) is 0 Å². The molecular formula is C17H16Br2N2O4. The topological polar surface area (TPSA) is 69.2 Å². The van der Waals surface area contributed by atoms with E-state index >= 15 is 0 Å². The van der Waals surface area contributed by atoms with Crippen molar-refractivity contribution in [3.05, 3.63) is 50.9 Å². The lowest BCUT2D eigenvalue weighted by atomic mass is 10.2. The van der Waals surface area contributed by atoms with Gasteiger partial charge in [0.25, 0.3) is 5.91 Å². The van der Waals surface area contributed by atoms with Crippen molar-refractivity contribution in [2.24, 2.45) is 5.10 Å². The Labute approximate surface area is 162 Å². The first-order valence-electron chi connectivity index (χ1n) is 7.15. The van der Waals surface area contributed by atoms with Gasteiger partial charge in [0, 0.05) is 14.5 Å². The van der Waals surface area contributed by atoms with Gasteiger partial charge in [-0.05, 0) is 36.4 Å².